The van der Waals surface area contributed by atoms with Crippen LogP contribution in [0, 0.1) is 5.92 Å². The lowest BCUT2D eigenvalue weighted by molar-refractivity contribution is 0.0500. The maximum absolute atomic E-state index is 13.6. The molecule has 0 N–H and O–H groups in total. The molecule has 5 rings (SSSR count). The summed E-state index contributed by atoms with van der Waals surface area (Å²) in [6, 6.07) is 16.5. The zero-order valence-electron chi connectivity index (χ0n) is 28.5. The number of anilines is 1. The SMILES string of the molecule is CCCCOC(=O)c1ccccc1-c1c2cc(C(C)=CC(C)C)c(=NCC)cc-2oc2cc3c(cc12)C(C)=CC(C)(C)N3CC. The molecule has 0 spiro atoms. The van der Waals surface area contributed by atoms with Crippen LogP contribution in [0.25, 0.3) is 44.6 Å². The first kappa shape index (κ1) is 32.3. The van der Waals surface area contributed by atoms with Gasteiger partial charge in [-0.1, -0.05) is 57.5 Å². The topological polar surface area (TPSA) is 55.0 Å². The van der Waals surface area contributed by atoms with E-state index in [1.54, 1.807) is 0 Å². The molecule has 0 bridgehead atoms. The third-order valence-electron chi connectivity index (χ3n) is 8.74. The van der Waals surface area contributed by atoms with E-state index in [1.165, 1.54) is 16.7 Å². The Morgan fingerprint density at radius 1 is 1.02 bits per heavy atom. The second kappa shape index (κ2) is 13.1. The number of fused-ring (bicyclic) bond motifs is 3. The number of carbonyl (C=O) groups is 1. The molecule has 0 saturated heterocycles. The zero-order valence-corrected chi connectivity index (χ0v) is 28.5. The zero-order chi connectivity index (χ0) is 32.5. The number of unbranched alkanes of at least 4 members (excludes halogenated alkanes) is 1. The molecular formula is C40H48N2O3. The van der Waals surface area contributed by atoms with Gasteiger partial charge in [0.05, 0.1) is 23.1 Å². The van der Waals surface area contributed by atoms with E-state index < -0.39 is 0 Å². The van der Waals surface area contributed by atoms with Crippen molar-refractivity contribution >= 4 is 33.8 Å². The average molecular weight is 605 g/mol. The highest BCUT2D eigenvalue weighted by Crippen LogP contribution is 2.47. The molecule has 2 aromatic carbocycles. The molecule has 0 amide bonds. The van der Waals surface area contributed by atoms with Crippen LogP contribution in [-0.2, 0) is 4.74 Å². The predicted octanol–water partition coefficient (Wildman–Crippen LogP) is 10.2. The summed E-state index contributed by atoms with van der Waals surface area (Å²) in [5, 5.41) is 1.88. The standard InChI is InChI=1S/C40H48N2O3/c1-10-13-18-44-39(43)29-17-15-14-16-28(29)38-32-20-30(26(6)19-25(4)5)34(41-11-2)22-36(32)45-37-23-35-31(21-33(37)38)27(7)24-40(8,9)42(35)12-3/h14-17,19-25H,10-13,18H2,1-9H3. The van der Waals surface area contributed by atoms with Crippen molar-refractivity contribution in [2.24, 2.45) is 10.9 Å². The molecule has 1 aliphatic carbocycles. The summed E-state index contributed by atoms with van der Waals surface area (Å²) in [5.74, 6) is 0.828. The molecule has 45 heavy (non-hydrogen) atoms. The summed E-state index contributed by atoms with van der Waals surface area (Å²) in [6.07, 6.45) is 6.42. The highest BCUT2D eigenvalue weighted by atomic mass is 16.5. The lowest BCUT2D eigenvalue weighted by atomic mass is 9.85. The maximum atomic E-state index is 13.6. The number of esters is 1. The van der Waals surface area contributed by atoms with Crippen LogP contribution in [0.2, 0.25) is 0 Å². The van der Waals surface area contributed by atoms with E-state index in [0.717, 1.165) is 69.4 Å². The van der Waals surface area contributed by atoms with Gasteiger partial charge in [0.1, 0.15) is 11.3 Å². The van der Waals surface area contributed by atoms with E-state index in [1.807, 2.05) is 24.3 Å². The normalized spacial score (nSPS) is 15.2. The van der Waals surface area contributed by atoms with Crippen molar-refractivity contribution in [3.05, 3.63) is 82.7 Å². The lowest BCUT2D eigenvalue weighted by Crippen LogP contribution is -2.44. The van der Waals surface area contributed by atoms with Gasteiger partial charge in [0.15, 0.2) is 0 Å². The van der Waals surface area contributed by atoms with Crippen molar-refractivity contribution in [1.29, 1.82) is 0 Å². The Kier molecular flexibility index (Phi) is 9.38. The first-order valence-electron chi connectivity index (χ1n) is 16.5. The predicted molar refractivity (Wildman–Crippen MR) is 189 cm³/mol. The van der Waals surface area contributed by atoms with Crippen LogP contribution >= 0.6 is 0 Å². The molecule has 0 saturated carbocycles. The molecule has 0 fully saturated rings. The highest BCUT2D eigenvalue weighted by molar-refractivity contribution is 6.09. The third-order valence-corrected chi connectivity index (χ3v) is 8.74. The van der Waals surface area contributed by atoms with E-state index in [9.17, 15) is 4.79 Å². The van der Waals surface area contributed by atoms with Gasteiger partial charge in [-0.05, 0) is 88.8 Å². The van der Waals surface area contributed by atoms with Crippen molar-refractivity contribution in [3.8, 4) is 22.5 Å². The fourth-order valence-electron chi connectivity index (χ4n) is 6.84. The van der Waals surface area contributed by atoms with E-state index >= 15 is 0 Å². The Bertz CT molecular complexity index is 1840. The molecule has 5 nitrogen and oxygen atoms in total. The second-order valence-corrected chi connectivity index (χ2v) is 13.0. The van der Waals surface area contributed by atoms with Gasteiger partial charge >= 0.3 is 5.97 Å². The van der Waals surface area contributed by atoms with Crippen LogP contribution in [0.1, 0.15) is 96.6 Å². The number of carbonyl (C=O) groups excluding carboxylic acids is 1. The second-order valence-electron chi connectivity index (χ2n) is 13.0. The Morgan fingerprint density at radius 3 is 2.47 bits per heavy atom. The van der Waals surface area contributed by atoms with Crippen molar-refractivity contribution in [2.75, 3.05) is 24.6 Å². The Morgan fingerprint density at radius 2 is 1.78 bits per heavy atom. The van der Waals surface area contributed by atoms with E-state index in [2.05, 4.69) is 104 Å². The largest absolute Gasteiger partial charge is 0.462 e. The van der Waals surface area contributed by atoms with E-state index in [0.29, 0.717) is 24.6 Å². The van der Waals surface area contributed by atoms with Crippen LogP contribution in [0.3, 0.4) is 0 Å². The van der Waals surface area contributed by atoms with Crippen LogP contribution in [0.5, 0.6) is 0 Å². The van der Waals surface area contributed by atoms with Crippen molar-refractivity contribution in [1.82, 2.24) is 0 Å². The number of rotatable bonds is 9. The highest BCUT2D eigenvalue weighted by Gasteiger charge is 2.32. The molecule has 236 valence electrons. The summed E-state index contributed by atoms with van der Waals surface area (Å²) < 4.78 is 12.6. The Hall–Kier alpha value is -4.12. The van der Waals surface area contributed by atoms with Crippen LogP contribution in [-0.4, -0.2) is 31.2 Å². The molecule has 2 heterocycles. The molecular weight excluding hydrogens is 556 g/mol. The minimum atomic E-state index is -0.303. The number of hydrogen-bond donors (Lipinski definition) is 0. The summed E-state index contributed by atoms with van der Waals surface area (Å²) in [4.78, 5) is 20.9. The summed E-state index contributed by atoms with van der Waals surface area (Å²) in [5.41, 5.74) is 9.77. The van der Waals surface area contributed by atoms with Crippen molar-refractivity contribution < 1.29 is 13.9 Å². The number of benzene rings is 3. The fraction of sp³-hybridized carbons (Fsp3) is 0.400. The van der Waals surface area contributed by atoms with E-state index in [4.69, 9.17) is 14.1 Å². The van der Waals surface area contributed by atoms with Gasteiger partial charge in [0.2, 0.25) is 0 Å². The first-order valence-corrected chi connectivity index (χ1v) is 16.5. The van der Waals surface area contributed by atoms with Gasteiger partial charge in [-0.3, -0.25) is 4.99 Å². The third kappa shape index (κ3) is 6.22. The van der Waals surface area contributed by atoms with Gasteiger partial charge in [-0.25, -0.2) is 4.79 Å². The molecule has 2 aromatic rings. The van der Waals surface area contributed by atoms with Gasteiger partial charge in [0.25, 0.3) is 0 Å². The van der Waals surface area contributed by atoms with Gasteiger partial charge < -0.3 is 14.1 Å². The maximum Gasteiger partial charge on any atom is 0.338 e. The van der Waals surface area contributed by atoms with Crippen molar-refractivity contribution in [3.63, 3.8) is 0 Å². The van der Waals surface area contributed by atoms with E-state index in [-0.39, 0.29) is 11.5 Å². The molecule has 0 aromatic heterocycles. The molecule has 5 heteroatoms. The number of likely N-dealkylation sites (N-methyl/N-ethyl adjacent to an activating group) is 1. The van der Waals surface area contributed by atoms with Gasteiger partial charge in [-0.15, -0.1) is 0 Å². The molecule has 2 aliphatic heterocycles. The minimum absolute atomic E-state index is 0.129. The average Bonchev–Trinajstić information content (AvgIpc) is 2.98. The number of nitrogens with zero attached hydrogens (tertiary/aromatic N) is 2. The molecule has 0 radical (unpaired) electrons. The summed E-state index contributed by atoms with van der Waals surface area (Å²) >= 11 is 0. The van der Waals surface area contributed by atoms with Crippen LogP contribution < -0.4 is 10.3 Å². The smallest absolute Gasteiger partial charge is 0.338 e. The summed E-state index contributed by atoms with van der Waals surface area (Å²) in [6.45, 7) is 21.5. The molecule has 3 aliphatic rings. The molecule has 0 atom stereocenters. The first-order chi connectivity index (χ1) is 21.5. The Balaban J connectivity index is 1.93. The van der Waals surface area contributed by atoms with Crippen LogP contribution in [0.15, 0.2) is 70.1 Å². The van der Waals surface area contributed by atoms with Crippen LogP contribution in [0.4, 0.5) is 5.69 Å². The summed E-state index contributed by atoms with van der Waals surface area (Å²) in [7, 11) is 0. The lowest BCUT2D eigenvalue weighted by Gasteiger charge is -2.43. The van der Waals surface area contributed by atoms with Crippen molar-refractivity contribution in [2.45, 2.75) is 80.7 Å². The minimum Gasteiger partial charge on any atom is -0.462 e. The number of hydrogen-bond acceptors (Lipinski definition) is 5. The molecule has 0 unspecified atom stereocenters. The number of allylic oxidation sites excluding steroid dienone is 3. The number of ether oxygens (including phenoxy) is 1. The van der Waals surface area contributed by atoms with Gasteiger partial charge in [-0.2, -0.15) is 0 Å². The van der Waals surface area contributed by atoms with Gasteiger partial charge in [0, 0.05) is 58.5 Å². The quantitative estimate of drug-likeness (QED) is 0.108. The Labute approximate surface area is 268 Å². The monoisotopic (exact) mass is 604 g/mol. The fourth-order valence-corrected chi connectivity index (χ4v) is 6.84.